The first-order valence-corrected chi connectivity index (χ1v) is 36.0. The van der Waals surface area contributed by atoms with Crippen molar-refractivity contribution >= 4 is 158 Å². The first-order valence-electron chi connectivity index (χ1n) is 36.0. The van der Waals surface area contributed by atoms with E-state index in [1.807, 2.05) is 0 Å². The summed E-state index contributed by atoms with van der Waals surface area (Å²) in [7, 11) is 0. The molecule has 0 fully saturated rings. The molecule has 0 amide bonds. The molecule has 0 atom stereocenters. The number of para-hydroxylation sites is 8. The maximum Gasteiger partial charge on any atom is 0.252 e. The van der Waals surface area contributed by atoms with Crippen molar-refractivity contribution in [3.8, 4) is 50.2 Å². The molecule has 0 bridgehead atoms. The van der Waals surface area contributed by atoms with Crippen LogP contribution in [0.3, 0.4) is 0 Å². The van der Waals surface area contributed by atoms with Crippen LogP contribution >= 0.6 is 0 Å². The largest absolute Gasteiger partial charge is 0.454 e. The second kappa shape index (κ2) is 23.0. The fourth-order valence-electron chi connectivity index (χ4n) is 18.1. The van der Waals surface area contributed by atoms with Crippen molar-refractivity contribution in [1.82, 2.24) is 4.57 Å². The molecule has 8 heteroatoms. The second-order valence-corrected chi connectivity index (χ2v) is 27.7. The number of aromatic nitrogens is 1. The van der Waals surface area contributed by atoms with Gasteiger partial charge in [-0.2, -0.15) is 0 Å². The SMILES string of the molecule is c1ccc(-c2cccc(-c3ccccc3)c2N2c3ccccc3B3c4cc5c(cc4N(c4ccccc4)c4cccc2c43)N(c2c(-c3ccccc3)cccc2-c2ccccc2)c2cccc3c2B5c2ccc(-n4c5ccccc5c5ccccc54)cc2N3c2cccc3c2oc2ccccc23)cc1. The molecule has 0 aliphatic carbocycles. The third-order valence-corrected chi connectivity index (χ3v) is 22.3. The van der Waals surface area contributed by atoms with Gasteiger partial charge in [-0.1, -0.05) is 285 Å². The number of fused-ring (bicyclic) bond motifs is 14. The van der Waals surface area contributed by atoms with Crippen molar-refractivity contribution in [3.63, 3.8) is 0 Å². The van der Waals surface area contributed by atoms with E-state index in [0.717, 1.165) is 151 Å². The number of nitrogens with zero attached hydrogens (tertiary/aromatic N) is 5. The van der Waals surface area contributed by atoms with Crippen molar-refractivity contribution < 1.29 is 4.42 Å². The van der Waals surface area contributed by atoms with E-state index in [4.69, 9.17) is 4.42 Å². The molecule has 0 N–H and O–H groups in total. The Balaban J connectivity index is 0.870. The predicted molar refractivity (Wildman–Crippen MR) is 438 cm³/mol. The second-order valence-electron chi connectivity index (χ2n) is 27.7. The van der Waals surface area contributed by atoms with Crippen molar-refractivity contribution in [2.45, 2.75) is 0 Å². The molecule has 0 spiro atoms. The molecular formula is C96H61B2N5O. The monoisotopic (exact) mass is 1320 g/mol. The van der Waals surface area contributed by atoms with Gasteiger partial charge >= 0.3 is 0 Å². The van der Waals surface area contributed by atoms with Crippen molar-refractivity contribution in [3.05, 3.63) is 370 Å². The van der Waals surface area contributed by atoms with Gasteiger partial charge in [-0.15, -0.1) is 0 Å². The van der Waals surface area contributed by atoms with Gasteiger partial charge in [0.15, 0.2) is 5.58 Å². The minimum atomic E-state index is -0.279. The lowest BCUT2D eigenvalue weighted by atomic mass is 9.30. The molecule has 0 radical (unpaired) electrons. The van der Waals surface area contributed by atoms with Gasteiger partial charge in [-0.3, -0.25) is 0 Å². The standard InChI is InChI=1S/C96H61B2N5O/c1-6-29-62(30-7-1)68-42-24-43-69(63-31-8-2-9-32-63)94(68)102-82-50-22-19-47-76(82)97-78-60-79-90(61-89(78)99(66-37-14-5-15-38-66)83-51-27-53-85(102)92(83)97)103(95-70(64-33-10-3-11-34-64)44-25-45-71(95)65-35-12-4-13-36-65)86-54-28-52-84-93(86)98(79)77-58-57-67(100-80-48-20-16-39-72(80)73-40-17-21-49-81(73)100)59-88(77)101(84)87-55-26-46-75-74-41-18-23-56-91(74)104-96(75)87/h1-61H. The van der Waals surface area contributed by atoms with E-state index in [0.29, 0.717) is 0 Å². The number of hydrogen-bond acceptors (Lipinski definition) is 5. The summed E-state index contributed by atoms with van der Waals surface area (Å²) >= 11 is 0. The highest BCUT2D eigenvalue weighted by molar-refractivity contribution is 7.03. The molecule has 4 aliphatic heterocycles. The number of hydrogen-bond donors (Lipinski definition) is 0. The Morgan fingerprint density at radius 1 is 0.221 bits per heavy atom. The molecule has 0 saturated heterocycles. The van der Waals surface area contributed by atoms with Crippen LogP contribution in [0.15, 0.2) is 374 Å². The van der Waals surface area contributed by atoms with Crippen LogP contribution in [-0.2, 0) is 0 Å². The summed E-state index contributed by atoms with van der Waals surface area (Å²) < 4.78 is 9.66. The maximum atomic E-state index is 7.19. The third kappa shape index (κ3) is 8.54. The Bertz CT molecular complexity index is 6370. The van der Waals surface area contributed by atoms with Crippen LogP contribution in [0.5, 0.6) is 0 Å². The lowest BCUT2D eigenvalue weighted by Crippen LogP contribution is -2.65. The predicted octanol–water partition coefficient (Wildman–Crippen LogP) is 21.5. The van der Waals surface area contributed by atoms with E-state index < -0.39 is 0 Å². The first kappa shape index (κ1) is 58.3. The van der Waals surface area contributed by atoms with Crippen LogP contribution in [0, 0.1) is 0 Å². The summed E-state index contributed by atoms with van der Waals surface area (Å²) in [4.78, 5) is 10.4. The lowest BCUT2D eigenvalue weighted by Gasteiger charge is -2.47. The van der Waals surface area contributed by atoms with Gasteiger partial charge < -0.3 is 28.6 Å². The molecular weight excluding hydrogens is 1260 g/mol. The van der Waals surface area contributed by atoms with E-state index in [9.17, 15) is 0 Å². The topological polar surface area (TPSA) is 31.0 Å². The summed E-state index contributed by atoms with van der Waals surface area (Å²) in [5.41, 5.74) is 34.8. The Morgan fingerprint density at radius 3 is 1.16 bits per heavy atom. The quantitative estimate of drug-likeness (QED) is 0.134. The summed E-state index contributed by atoms with van der Waals surface area (Å²) in [5.74, 6) is 0. The molecule has 482 valence electrons. The third-order valence-electron chi connectivity index (χ3n) is 22.3. The molecule has 104 heavy (non-hydrogen) atoms. The summed E-state index contributed by atoms with van der Waals surface area (Å²) in [6.45, 7) is -0.485. The Kier molecular flexibility index (Phi) is 12.9. The average Bonchev–Trinajstić information content (AvgIpc) is 0.724. The van der Waals surface area contributed by atoms with Crippen LogP contribution in [0.25, 0.3) is 93.9 Å². The van der Waals surface area contributed by atoms with E-state index in [1.54, 1.807) is 0 Å². The van der Waals surface area contributed by atoms with Gasteiger partial charge in [0.05, 0.1) is 28.1 Å². The van der Waals surface area contributed by atoms with E-state index in [-0.39, 0.29) is 13.4 Å². The van der Waals surface area contributed by atoms with Gasteiger partial charge in [0.2, 0.25) is 0 Å². The van der Waals surface area contributed by atoms with Crippen LogP contribution < -0.4 is 52.4 Å². The first-order chi connectivity index (χ1) is 51.7. The van der Waals surface area contributed by atoms with Crippen molar-refractivity contribution in [2.75, 3.05) is 19.6 Å². The highest BCUT2D eigenvalue weighted by Gasteiger charge is 2.49. The highest BCUT2D eigenvalue weighted by Crippen LogP contribution is 2.55. The van der Waals surface area contributed by atoms with Crippen LogP contribution in [-0.4, -0.2) is 18.0 Å². The van der Waals surface area contributed by atoms with E-state index in [2.05, 4.69) is 394 Å². The van der Waals surface area contributed by atoms with Crippen molar-refractivity contribution in [1.29, 1.82) is 0 Å². The zero-order valence-electron chi connectivity index (χ0n) is 56.5. The maximum absolute atomic E-state index is 7.19. The number of benzene rings is 16. The number of rotatable bonds is 9. The van der Waals surface area contributed by atoms with Gasteiger partial charge in [-0.25, -0.2) is 0 Å². The Hall–Kier alpha value is -13.6. The molecule has 16 aromatic carbocycles. The molecule has 0 saturated carbocycles. The molecule has 6 nitrogen and oxygen atoms in total. The minimum Gasteiger partial charge on any atom is -0.454 e. The highest BCUT2D eigenvalue weighted by atomic mass is 16.3. The zero-order chi connectivity index (χ0) is 68.1. The Morgan fingerprint density at radius 2 is 0.606 bits per heavy atom. The van der Waals surface area contributed by atoms with Gasteiger partial charge in [0.25, 0.3) is 13.4 Å². The van der Waals surface area contributed by atoms with E-state index >= 15 is 0 Å². The molecule has 18 aromatic rings. The van der Waals surface area contributed by atoms with Gasteiger partial charge in [-0.05, 0) is 140 Å². The smallest absolute Gasteiger partial charge is 0.252 e. The Labute approximate surface area is 603 Å². The average molecular weight is 1320 g/mol. The fourth-order valence-corrected chi connectivity index (χ4v) is 18.1. The number of furan rings is 1. The zero-order valence-corrected chi connectivity index (χ0v) is 56.5. The number of anilines is 12. The summed E-state index contributed by atoms with van der Waals surface area (Å²) in [6, 6.07) is 138. The fraction of sp³-hybridized carbons (Fsp3) is 0. The summed E-state index contributed by atoms with van der Waals surface area (Å²) in [5, 5.41) is 4.59. The summed E-state index contributed by atoms with van der Waals surface area (Å²) in [6.07, 6.45) is 0. The van der Waals surface area contributed by atoms with Crippen LogP contribution in [0.2, 0.25) is 0 Å². The molecule has 2 aromatic heterocycles. The van der Waals surface area contributed by atoms with Crippen molar-refractivity contribution in [2.24, 2.45) is 0 Å². The van der Waals surface area contributed by atoms with E-state index in [1.165, 1.54) is 43.5 Å². The van der Waals surface area contributed by atoms with Gasteiger partial charge in [0, 0.05) is 101 Å². The molecule has 22 rings (SSSR count). The van der Waals surface area contributed by atoms with Crippen LogP contribution in [0.1, 0.15) is 0 Å². The van der Waals surface area contributed by atoms with Crippen LogP contribution in [0.4, 0.5) is 68.2 Å². The minimum absolute atomic E-state index is 0.206. The normalized spacial score (nSPS) is 13.1. The molecule has 4 aliphatic rings. The molecule has 0 unspecified atom stereocenters. The van der Waals surface area contributed by atoms with Gasteiger partial charge in [0.1, 0.15) is 5.58 Å². The molecule has 6 heterocycles. The lowest BCUT2D eigenvalue weighted by molar-refractivity contribution is 0.669.